The summed E-state index contributed by atoms with van der Waals surface area (Å²) in [5.41, 5.74) is 0.217. The third-order valence-corrected chi connectivity index (χ3v) is 7.79. The van der Waals surface area contributed by atoms with E-state index in [0.717, 1.165) is 11.8 Å². The quantitative estimate of drug-likeness (QED) is 0.249. The third kappa shape index (κ3) is 8.23. The Morgan fingerprint density at radius 2 is 1.15 bits per heavy atom. The van der Waals surface area contributed by atoms with Crippen LogP contribution in [0.25, 0.3) is 21.5 Å². The number of carboxylic acid groups (broad SMARTS) is 1. The first-order valence-electron chi connectivity index (χ1n) is 13.8. The Hall–Kier alpha value is -3.54. The molecule has 4 rings (SSSR count). The molecule has 0 heterocycles. The average Bonchev–Trinajstić information content (AvgIpc) is 2.95. The molecule has 0 saturated carbocycles. The van der Waals surface area contributed by atoms with Crippen molar-refractivity contribution in [3.8, 4) is 5.75 Å². The van der Waals surface area contributed by atoms with Gasteiger partial charge in [-0.1, -0.05) is 101 Å². The van der Waals surface area contributed by atoms with Crippen LogP contribution in [0.5, 0.6) is 5.75 Å². The lowest BCUT2D eigenvalue weighted by atomic mass is 9.87. The molecule has 3 nitrogen and oxygen atoms in total. The highest BCUT2D eigenvalue weighted by molar-refractivity contribution is 5.84. The van der Waals surface area contributed by atoms with E-state index in [1.54, 1.807) is 12.1 Å². The molecule has 0 aliphatic carbocycles. The van der Waals surface area contributed by atoms with E-state index in [2.05, 4.69) is 88.4 Å². The minimum Gasteiger partial charge on any atom is -0.508 e. The maximum Gasteiger partial charge on any atom is 0.404 e. The number of fused-ring (bicyclic) bond motifs is 2. The van der Waals surface area contributed by atoms with Gasteiger partial charge in [-0.15, -0.1) is 0 Å². The second-order valence-electron chi connectivity index (χ2n) is 10.5. The van der Waals surface area contributed by atoms with Gasteiger partial charge in [0.05, 0.1) is 0 Å². The van der Waals surface area contributed by atoms with Crippen molar-refractivity contribution in [2.45, 2.75) is 78.8 Å². The summed E-state index contributed by atoms with van der Waals surface area (Å²) in [4.78, 5) is 10.2. The zero-order chi connectivity index (χ0) is 30.1. The van der Waals surface area contributed by atoms with E-state index in [4.69, 9.17) is 5.11 Å². The predicted octanol–water partition coefficient (Wildman–Crippen LogP) is 10.5. The summed E-state index contributed by atoms with van der Waals surface area (Å²) in [5, 5.41) is 22.6. The van der Waals surface area contributed by atoms with Crippen LogP contribution in [0, 0.1) is 5.41 Å². The summed E-state index contributed by atoms with van der Waals surface area (Å²) in [6.45, 7) is 10.8. The van der Waals surface area contributed by atoms with Gasteiger partial charge in [-0.25, -0.2) is 0 Å². The molecule has 0 saturated heterocycles. The first-order chi connectivity index (χ1) is 18.8. The van der Waals surface area contributed by atoms with Crippen molar-refractivity contribution in [3.63, 3.8) is 0 Å². The SMILES string of the molecule is CCC(C)(C(=O)O)C(F)(F)F.CCC(C)c1ccc2cc(O)ccc2c1.CCC(C)c1ccc2ccccc2c1. The van der Waals surface area contributed by atoms with Crippen LogP contribution in [0.3, 0.4) is 0 Å². The summed E-state index contributed by atoms with van der Waals surface area (Å²) in [6.07, 6.45) is -2.76. The van der Waals surface area contributed by atoms with E-state index >= 15 is 0 Å². The van der Waals surface area contributed by atoms with Gasteiger partial charge in [-0.2, -0.15) is 13.2 Å². The van der Waals surface area contributed by atoms with Crippen LogP contribution in [-0.4, -0.2) is 22.4 Å². The normalized spacial score (nSPS) is 14.2. The summed E-state index contributed by atoms with van der Waals surface area (Å²) in [7, 11) is 0. The number of aliphatic carboxylic acids is 1. The number of halogens is 3. The van der Waals surface area contributed by atoms with Crippen LogP contribution in [-0.2, 0) is 4.79 Å². The van der Waals surface area contributed by atoms with E-state index in [0.29, 0.717) is 24.5 Å². The molecule has 0 aromatic heterocycles. The molecule has 0 radical (unpaired) electrons. The number of alkyl halides is 3. The van der Waals surface area contributed by atoms with E-state index in [1.807, 2.05) is 6.07 Å². The van der Waals surface area contributed by atoms with Crippen LogP contribution < -0.4 is 0 Å². The summed E-state index contributed by atoms with van der Waals surface area (Å²) < 4.78 is 35.9. The van der Waals surface area contributed by atoms with Crippen molar-refractivity contribution in [1.82, 2.24) is 0 Å². The molecule has 3 unspecified atom stereocenters. The Morgan fingerprint density at radius 1 is 0.725 bits per heavy atom. The number of hydrogen-bond acceptors (Lipinski definition) is 2. The highest BCUT2D eigenvalue weighted by atomic mass is 19.4. The molecule has 40 heavy (non-hydrogen) atoms. The number of carbonyl (C=O) groups is 1. The van der Waals surface area contributed by atoms with Gasteiger partial charge >= 0.3 is 12.1 Å². The summed E-state index contributed by atoms with van der Waals surface area (Å²) in [6, 6.07) is 27.3. The van der Waals surface area contributed by atoms with E-state index < -0.39 is 24.0 Å². The lowest BCUT2D eigenvalue weighted by Gasteiger charge is -2.25. The Bertz CT molecular complexity index is 1400. The molecule has 216 valence electrons. The van der Waals surface area contributed by atoms with Crippen LogP contribution in [0.15, 0.2) is 78.9 Å². The number of benzene rings is 4. The van der Waals surface area contributed by atoms with Crippen LogP contribution in [0.1, 0.15) is 83.8 Å². The average molecular weight is 555 g/mol. The van der Waals surface area contributed by atoms with Crippen molar-refractivity contribution in [1.29, 1.82) is 0 Å². The van der Waals surface area contributed by atoms with Gasteiger partial charge in [-0.05, 0) is 82.8 Å². The first kappa shape index (κ1) is 32.7. The Labute approximate surface area is 235 Å². The first-order valence-corrected chi connectivity index (χ1v) is 13.8. The minimum absolute atomic E-state index is 0.332. The van der Waals surface area contributed by atoms with Crippen molar-refractivity contribution in [2.75, 3.05) is 0 Å². The van der Waals surface area contributed by atoms with Crippen LogP contribution in [0.2, 0.25) is 0 Å². The van der Waals surface area contributed by atoms with Crippen molar-refractivity contribution in [3.05, 3.63) is 90.0 Å². The van der Waals surface area contributed by atoms with Gasteiger partial charge in [0.25, 0.3) is 0 Å². The van der Waals surface area contributed by atoms with Gasteiger partial charge in [0.15, 0.2) is 5.41 Å². The Balaban J connectivity index is 0.000000213. The number of phenolic OH excluding ortho intramolecular Hbond substituents is 1. The van der Waals surface area contributed by atoms with Gasteiger partial charge in [0.1, 0.15) is 5.75 Å². The zero-order valence-corrected chi connectivity index (χ0v) is 24.2. The number of carboxylic acids is 1. The summed E-state index contributed by atoms with van der Waals surface area (Å²) >= 11 is 0. The van der Waals surface area contributed by atoms with Crippen LogP contribution in [0.4, 0.5) is 13.2 Å². The molecule has 0 amide bonds. The summed E-state index contributed by atoms with van der Waals surface area (Å²) in [5.74, 6) is -0.228. The third-order valence-electron chi connectivity index (χ3n) is 7.79. The zero-order valence-electron chi connectivity index (χ0n) is 24.2. The molecule has 4 aromatic rings. The molecule has 0 aliphatic rings. The molecular weight excluding hydrogens is 513 g/mol. The second-order valence-corrected chi connectivity index (χ2v) is 10.5. The predicted molar refractivity (Wildman–Crippen MR) is 159 cm³/mol. The molecule has 0 fully saturated rings. The largest absolute Gasteiger partial charge is 0.508 e. The molecular formula is C34H41F3O3. The molecule has 0 spiro atoms. The lowest BCUT2D eigenvalue weighted by Crippen LogP contribution is -2.41. The Kier molecular flexibility index (Phi) is 11.6. The molecule has 2 N–H and O–H groups in total. The molecule has 4 aromatic carbocycles. The van der Waals surface area contributed by atoms with E-state index in [9.17, 15) is 23.1 Å². The molecule has 0 bridgehead atoms. The number of phenols is 1. The van der Waals surface area contributed by atoms with Gasteiger partial charge in [0, 0.05) is 0 Å². The second kappa shape index (κ2) is 14.2. The van der Waals surface area contributed by atoms with Gasteiger partial charge in [0.2, 0.25) is 0 Å². The maximum absolute atomic E-state index is 12.0. The van der Waals surface area contributed by atoms with E-state index in [-0.39, 0.29) is 0 Å². The fourth-order valence-electron chi connectivity index (χ4n) is 4.02. The minimum atomic E-state index is -4.67. The van der Waals surface area contributed by atoms with Crippen molar-refractivity contribution >= 4 is 27.5 Å². The fraction of sp³-hybridized carbons (Fsp3) is 0.382. The topological polar surface area (TPSA) is 57.5 Å². The van der Waals surface area contributed by atoms with Crippen LogP contribution >= 0.6 is 0 Å². The monoisotopic (exact) mass is 554 g/mol. The number of hydrogen-bond donors (Lipinski definition) is 2. The highest BCUT2D eigenvalue weighted by Crippen LogP contribution is 2.40. The smallest absolute Gasteiger partial charge is 0.404 e. The molecule has 0 aliphatic heterocycles. The highest BCUT2D eigenvalue weighted by Gasteiger charge is 2.55. The maximum atomic E-state index is 12.0. The fourth-order valence-corrected chi connectivity index (χ4v) is 4.02. The van der Waals surface area contributed by atoms with E-state index in [1.165, 1.54) is 40.6 Å². The van der Waals surface area contributed by atoms with Gasteiger partial charge in [-0.3, -0.25) is 4.79 Å². The lowest BCUT2D eigenvalue weighted by molar-refractivity contribution is -0.227. The molecule has 3 atom stereocenters. The standard InChI is InChI=1S/C14H16O.C14H16.C6H9F3O2/c1-3-10(2)11-4-5-13-9-14(15)7-6-12(13)8-11;1-3-11(2)13-9-8-12-6-4-5-7-14(12)10-13;1-3-5(2,4(10)11)6(7,8)9/h4-10,15H,3H2,1-2H3;4-11H,3H2,1-2H3;3H2,1-2H3,(H,10,11). The van der Waals surface area contributed by atoms with Gasteiger partial charge < -0.3 is 10.2 Å². The number of aromatic hydroxyl groups is 1. The molecule has 6 heteroatoms. The van der Waals surface area contributed by atoms with Crippen molar-refractivity contribution < 1.29 is 28.2 Å². The Morgan fingerprint density at radius 3 is 1.57 bits per heavy atom. The number of rotatable bonds is 6. The van der Waals surface area contributed by atoms with Crippen molar-refractivity contribution in [2.24, 2.45) is 5.41 Å².